The number of H-pyrrole nitrogens is 1. The second kappa shape index (κ2) is 5.53. The zero-order chi connectivity index (χ0) is 13.9. The van der Waals surface area contributed by atoms with Crippen LogP contribution in [0.15, 0.2) is 42.5 Å². The van der Waals surface area contributed by atoms with Crippen LogP contribution in [0.2, 0.25) is 5.02 Å². The van der Waals surface area contributed by atoms with Crippen LogP contribution in [0.5, 0.6) is 5.75 Å². The number of hydrogen-bond acceptors (Lipinski definition) is 3. The molecule has 2 N–H and O–H groups in total. The van der Waals surface area contributed by atoms with Gasteiger partial charge in [-0.1, -0.05) is 11.6 Å². The van der Waals surface area contributed by atoms with E-state index in [0.29, 0.717) is 11.6 Å². The molecule has 0 aliphatic heterocycles. The van der Waals surface area contributed by atoms with Gasteiger partial charge in [0.25, 0.3) is 0 Å². The quantitative estimate of drug-likeness (QED) is 0.775. The monoisotopic (exact) mass is 288 g/mol. The number of fused-ring (bicyclic) bond motifs is 1. The fraction of sp³-hybridized carbons (Fsp3) is 0.133. The average Bonchev–Trinajstić information content (AvgIpc) is 2.88. The minimum Gasteiger partial charge on any atom is -0.491 e. The zero-order valence-corrected chi connectivity index (χ0v) is 11.4. The van der Waals surface area contributed by atoms with Crippen molar-refractivity contribution in [1.29, 1.82) is 0 Å². The number of nitrogens with one attached hydrogen (secondary N) is 1. The fourth-order valence-corrected chi connectivity index (χ4v) is 2.16. The first kappa shape index (κ1) is 13.0. The molecule has 0 radical (unpaired) electrons. The summed E-state index contributed by atoms with van der Waals surface area (Å²) in [6.45, 7) is 0.300. The molecule has 5 heteroatoms. The van der Waals surface area contributed by atoms with E-state index in [0.717, 1.165) is 28.2 Å². The van der Waals surface area contributed by atoms with Crippen LogP contribution in [0, 0.1) is 0 Å². The van der Waals surface area contributed by atoms with Crippen LogP contribution >= 0.6 is 11.6 Å². The molecule has 0 saturated heterocycles. The lowest BCUT2D eigenvalue weighted by atomic mass is 10.2. The Morgan fingerprint density at radius 2 is 1.95 bits per heavy atom. The maximum Gasteiger partial charge on any atom is 0.138 e. The van der Waals surface area contributed by atoms with Crippen molar-refractivity contribution < 1.29 is 9.84 Å². The van der Waals surface area contributed by atoms with Gasteiger partial charge in [-0.05, 0) is 42.5 Å². The van der Waals surface area contributed by atoms with Gasteiger partial charge in [-0.2, -0.15) is 0 Å². The normalized spacial score (nSPS) is 10.9. The van der Waals surface area contributed by atoms with E-state index < -0.39 is 0 Å². The zero-order valence-electron chi connectivity index (χ0n) is 10.6. The first-order valence-corrected chi connectivity index (χ1v) is 6.63. The molecule has 102 valence electrons. The van der Waals surface area contributed by atoms with Gasteiger partial charge in [0.05, 0.1) is 17.6 Å². The Hall–Kier alpha value is -2.04. The minimum atomic E-state index is 0.00604. The maximum atomic E-state index is 8.71. The van der Waals surface area contributed by atoms with Gasteiger partial charge in [0, 0.05) is 10.6 Å². The number of aliphatic hydroxyl groups excluding tert-OH is 1. The van der Waals surface area contributed by atoms with Gasteiger partial charge in [-0.25, -0.2) is 4.98 Å². The Labute approximate surface area is 121 Å². The highest BCUT2D eigenvalue weighted by Crippen LogP contribution is 2.24. The van der Waals surface area contributed by atoms with E-state index in [4.69, 9.17) is 21.4 Å². The molecule has 0 saturated carbocycles. The summed E-state index contributed by atoms with van der Waals surface area (Å²) in [4.78, 5) is 7.76. The highest BCUT2D eigenvalue weighted by Gasteiger charge is 2.06. The summed E-state index contributed by atoms with van der Waals surface area (Å²) < 4.78 is 5.32. The van der Waals surface area contributed by atoms with Crippen LogP contribution in [-0.2, 0) is 0 Å². The number of ether oxygens (including phenoxy) is 1. The molecule has 1 aromatic heterocycles. The van der Waals surface area contributed by atoms with E-state index in [9.17, 15) is 0 Å². The standard InChI is InChI=1S/C15H13ClN2O2/c16-11-3-6-13-14(9-11)18-15(17-13)10-1-4-12(5-2-10)20-8-7-19/h1-6,9,19H,7-8H2,(H,17,18). The van der Waals surface area contributed by atoms with Crippen molar-refractivity contribution in [3.05, 3.63) is 47.5 Å². The molecule has 0 amide bonds. The van der Waals surface area contributed by atoms with Crippen LogP contribution in [0.4, 0.5) is 0 Å². The number of imidazole rings is 1. The molecule has 4 nitrogen and oxygen atoms in total. The number of benzene rings is 2. The molecular weight excluding hydrogens is 276 g/mol. The summed E-state index contributed by atoms with van der Waals surface area (Å²) in [5.74, 6) is 1.51. The van der Waals surface area contributed by atoms with Crippen molar-refractivity contribution in [2.24, 2.45) is 0 Å². The lowest BCUT2D eigenvalue weighted by Gasteiger charge is -2.04. The minimum absolute atomic E-state index is 0.00604. The third-order valence-corrected chi connectivity index (χ3v) is 3.17. The average molecular weight is 289 g/mol. The Morgan fingerprint density at radius 3 is 2.70 bits per heavy atom. The number of hydrogen-bond donors (Lipinski definition) is 2. The highest BCUT2D eigenvalue weighted by molar-refractivity contribution is 6.31. The number of halogens is 1. The molecule has 0 bridgehead atoms. The predicted octanol–water partition coefficient (Wildman–Crippen LogP) is 3.25. The SMILES string of the molecule is OCCOc1ccc(-c2nc3ccc(Cl)cc3[nH]2)cc1. The number of aromatic nitrogens is 2. The summed E-state index contributed by atoms with van der Waals surface area (Å²) in [5.41, 5.74) is 2.76. The van der Waals surface area contributed by atoms with Gasteiger partial charge in [0.15, 0.2) is 0 Å². The van der Waals surface area contributed by atoms with Gasteiger partial charge in [-0.3, -0.25) is 0 Å². The van der Waals surface area contributed by atoms with Crippen molar-refractivity contribution in [2.45, 2.75) is 0 Å². The van der Waals surface area contributed by atoms with E-state index in [1.807, 2.05) is 42.5 Å². The predicted molar refractivity (Wildman–Crippen MR) is 79.1 cm³/mol. The van der Waals surface area contributed by atoms with Gasteiger partial charge in [-0.15, -0.1) is 0 Å². The lowest BCUT2D eigenvalue weighted by Crippen LogP contribution is -2.01. The highest BCUT2D eigenvalue weighted by atomic mass is 35.5. The van der Waals surface area contributed by atoms with Gasteiger partial charge in [0.1, 0.15) is 18.2 Å². The van der Waals surface area contributed by atoms with Gasteiger partial charge >= 0.3 is 0 Å². The molecule has 0 fully saturated rings. The van der Waals surface area contributed by atoms with Crippen LogP contribution in [0.3, 0.4) is 0 Å². The molecule has 0 aliphatic carbocycles. The van der Waals surface area contributed by atoms with Crippen molar-refractivity contribution in [3.8, 4) is 17.1 Å². The summed E-state index contributed by atoms with van der Waals surface area (Å²) in [6, 6.07) is 13.1. The molecule has 0 aliphatic rings. The first-order valence-electron chi connectivity index (χ1n) is 6.25. The Morgan fingerprint density at radius 1 is 1.15 bits per heavy atom. The van der Waals surface area contributed by atoms with Crippen LogP contribution in [0.1, 0.15) is 0 Å². The largest absolute Gasteiger partial charge is 0.491 e. The number of rotatable bonds is 4. The summed E-state index contributed by atoms with van der Waals surface area (Å²) in [7, 11) is 0. The van der Waals surface area contributed by atoms with Crippen molar-refractivity contribution in [1.82, 2.24) is 9.97 Å². The van der Waals surface area contributed by atoms with Crippen LogP contribution < -0.4 is 4.74 Å². The van der Waals surface area contributed by atoms with E-state index in [1.54, 1.807) is 0 Å². The van der Waals surface area contributed by atoms with Gasteiger partial charge in [0.2, 0.25) is 0 Å². The van der Waals surface area contributed by atoms with Gasteiger partial charge < -0.3 is 14.8 Å². The molecule has 0 unspecified atom stereocenters. The topological polar surface area (TPSA) is 58.1 Å². The third kappa shape index (κ3) is 2.61. The fourth-order valence-electron chi connectivity index (χ4n) is 1.99. The smallest absolute Gasteiger partial charge is 0.138 e. The molecule has 2 aromatic carbocycles. The number of aromatic amines is 1. The summed E-state index contributed by atoms with van der Waals surface area (Å²) >= 11 is 5.96. The van der Waals surface area contributed by atoms with E-state index in [2.05, 4.69) is 9.97 Å². The Bertz CT molecular complexity index is 722. The molecule has 0 atom stereocenters. The second-order valence-electron chi connectivity index (χ2n) is 4.34. The van der Waals surface area contributed by atoms with Crippen LogP contribution in [0.25, 0.3) is 22.4 Å². The number of nitrogens with zero attached hydrogens (tertiary/aromatic N) is 1. The maximum absolute atomic E-state index is 8.71. The Balaban J connectivity index is 1.90. The number of aliphatic hydroxyl groups is 1. The summed E-state index contributed by atoms with van der Waals surface area (Å²) in [5, 5.41) is 9.39. The molecule has 3 rings (SSSR count). The van der Waals surface area contributed by atoms with Crippen molar-refractivity contribution in [2.75, 3.05) is 13.2 Å². The van der Waals surface area contributed by atoms with Crippen LogP contribution in [-0.4, -0.2) is 28.3 Å². The molecule has 3 aromatic rings. The van der Waals surface area contributed by atoms with E-state index >= 15 is 0 Å². The second-order valence-corrected chi connectivity index (χ2v) is 4.78. The van der Waals surface area contributed by atoms with Crippen molar-refractivity contribution in [3.63, 3.8) is 0 Å². The molecule has 20 heavy (non-hydrogen) atoms. The third-order valence-electron chi connectivity index (χ3n) is 2.93. The Kier molecular flexibility index (Phi) is 3.58. The first-order chi connectivity index (χ1) is 9.76. The summed E-state index contributed by atoms with van der Waals surface area (Å²) in [6.07, 6.45) is 0. The molecule has 1 heterocycles. The van der Waals surface area contributed by atoms with E-state index in [-0.39, 0.29) is 6.61 Å². The molecular formula is C15H13ClN2O2. The van der Waals surface area contributed by atoms with E-state index in [1.165, 1.54) is 0 Å². The molecule has 0 spiro atoms. The lowest BCUT2D eigenvalue weighted by molar-refractivity contribution is 0.201. The van der Waals surface area contributed by atoms with Crippen molar-refractivity contribution >= 4 is 22.6 Å².